The number of hydrogen-bond acceptors (Lipinski definition) is 2. The molecule has 2 heteroatoms. The third kappa shape index (κ3) is 26.5. The van der Waals surface area contributed by atoms with Gasteiger partial charge in [0, 0.05) is 26.4 Å². The van der Waals surface area contributed by atoms with Crippen molar-refractivity contribution in [3.8, 4) is 0 Å². The Labute approximate surface area is 128 Å². The molecule has 0 aliphatic carbocycles. The zero-order valence-electron chi connectivity index (χ0n) is 14.7. The fraction of sp³-hybridized carbons (Fsp3) is 1.00. The number of ether oxygens (including phenoxy) is 2. The van der Waals surface area contributed by atoms with E-state index < -0.39 is 0 Å². The summed E-state index contributed by atoms with van der Waals surface area (Å²) in [6, 6.07) is 0. The van der Waals surface area contributed by atoms with E-state index in [1.165, 1.54) is 64.2 Å². The summed E-state index contributed by atoms with van der Waals surface area (Å²) in [6.07, 6.45) is 14.0. The van der Waals surface area contributed by atoms with Crippen molar-refractivity contribution in [2.75, 3.05) is 26.4 Å². The molecular weight excluding hydrogens is 248 g/mol. The van der Waals surface area contributed by atoms with Crippen LogP contribution in [0.2, 0.25) is 0 Å². The first kappa shape index (κ1) is 22.2. The van der Waals surface area contributed by atoms with Gasteiger partial charge in [0.2, 0.25) is 0 Å². The standard InChI is InChI=1S/C14H30O.C4H10O/c1-3-5-6-7-8-9-10-11-12-13-14-15-4-2;1-3-5-4-2/h3-14H2,1-2H3;3-4H2,1-2H3. The lowest BCUT2D eigenvalue weighted by Gasteiger charge is -2.02. The van der Waals surface area contributed by atoms with Crippen molar-refractivity contribution in [2.24, 2.45) is 0 Å². The van der Waals surface area contributed by atoms with Crippen molar-refractivity contribution in [3.05, 3.63) is 0 Å². The van der Waals surface area contributed by atoms with E-state index in [1.807, 2.05) is 13.8 Å². The second kappa shape index (κ2) is 24.0. The Morgan fingerprint density at radius 2 is 0.850 bits per heavy atom. The van der Waals surface area contributed by atoms with Crippen molar-refractivity contribution < 1.29 is 9.47 Å². The van der Waals surface area contributed by atoms with E-state index in [1.54, 1.807) is 0 Å². The SMILES string of the molecule is CCCCCCCCCCCCOCC.CCOCC. The molecule has 0 aliphatic heterocycles. The van der Waals surface area contributed by atoms with Crippen LogP contribution in [0.5, 0.6) is 0 Å². The largest absolute Gasteiger partial charge is 0.382 e. The van der Waals surface area contributed by atoms with Gasteiger partial charge in [0.15, 0.2) is 0 Å². The Kier molecular flexibility index (Phi) is 26.6. The maximum atomic E-state index is 5.31. The number of hydrogen-bond donors (Lipinski definition) is 0. The van der Waals surface area contributed by atoms with Crippen LogP contribution in [0.15, 0.2) is 0 Å². The summed E-state index contributed by atoms with van der Waals surface area (Å²) < 4.78 is 10.1. The van der Waals surface area contributed by atoms with Crippen molar-refractivity contribution in [1.29, 1.82) is 0 Å². The van der Waals surface area contributed by atoms with Gasteiger partial charge in [-0.1, -0.05) is 64.7 Å². The van der Waals surface area contributed by atoms with Gasteiger partial charge in [-0.15, -0.1) is 0 Å². The van der Waals surface area contributed by atoms with Gasteiger partial charge in [-0.25, -0.2) is 0 Å². The molecule has 0 atom stereocenters. The van der Waals surface area contributed by atoms with Crippen LogP contribution in [0, 0.1) is 0 Å². The molecule has 0 aromatic heterocycles. The van der Waals surface area contributed by atoms with E-state index in [2.05, 4.69) is 13.8 Å². The Morgan fingerprint density at radius 1 is 0.450 bits per heavy atom. The Balaban J connectivity index is 0. The third-order valence-corrected chi connectivity index (χ3v) is 3.25. The lowest BCUT2D eigenvalue weighted by atomic mass is 10.1. The van der Waals surface area contributed by atoms with Gasteiger partial charge in [-0.05, 0) is 27.2 Å². The molecule has 0 rings (SSSR count). The predicted molar refractivity (Wildman–Crippen MR) is 90.5 cm³/mol. The van der Waals surface area contributed by atoms with Crippen LogP contribution in [-0.2, 0) is 9.47 Å². The Morgan fingerprint density at radius 3 is 1.20 bits per heavy atom. The predicted octanol–water partition coefficient (Wildman–Crippen LogP) is 5.99. The van der Waals surface area contributed by atoms with E-state index in [4.69, 9.17) is 9.47 Å². The zero-order valence-corrected chi connectivity index (χ0v) is 14.7. The Hall–Kier alpha value is -0.0800. The second-order valence-electron chi connectivity index (χ2n) is 5.16. The van der Waals surface area contributed by atoms with Crippen LogP contribution in [0.3, 0.4) is 0 Å². The first-order valence-corrected chi connectivity index (χ1v) is 8.98. The molecule has 20 heavy (non-hydrogen) atoms. The van der Waals surface area contributed by atoms with Gasteiger partial charge in [0.25, 0.3) is 0 Å². The van der Waals surface area contributed by atoms with Gasteiger partial charge < -0.3 is 9.47 Å². The fourth-order valence-corrected chi connectivity index (χ4v) is 2.04. The Bertz CT molecular complexity index is 123. The normalized spacial score (nSPS) is 10.2. The maximum absolute atomic E-state index is 5.31. The molecule has 0 unspecified atom stereocenters. The summed E-state index contributed by atoms with van der Waals surface area (Å²) in [5.41, 5.74) is 0. The first-order valence-electron chi connectivity index (χ1n) is 8.98. The van der Waals surface area contributed by atoms with E-state index >= 15 is 0 Å². The van der Waals surface area contributed by atoms with E-state index in [0.29, 0.717) is 0 Å². The van der Waals surface area contributed by atoms with Crippen LogP contribution in [0.4, 0.5) is 0 Å². The molecule has 0 N–H and O–H groups in total. The molecule has 0 bridgehead atoms. The fourth-order valence-electron chi connectivity index (χ4n) is 2.04. The van der Waals surface area contributed by atoms with Crippen molar-refractivity contribution in [1.82, 2.24) is 0 Å². The quantitative estimate of drug-likeness (QED) is 0.366. The van der Waals surface area contributed by atoms with E-state index in [0.717, 1.165) is 26.4 Å². The molecule has 0 saturated carbocycles. The summed E-state index contributed by atoms with van der Waals surface area (Å²) in [4.78, 5) is 0. The van der Waals surface area contributed by atoms with E-state index in [-0.39, 0.29) is 0 Å². The van der Waals surface area contributed by atoms with Crippen LogP contribution < -0.4 is 0 Å². The smallest absolute Gasteiger partial charge is 0.0465 e. The molecule has 0 saturated heterocycles. The summed E-state index contributed by atoms with van der Waals surface area (Å²) in [7, 11) is 0. The topological polar surface area (TPSA) is 18.5 Å². The van der Waals surface area contributed by atoms with Crippen LogP contribution >= 0.6 is 0 Å². The molecule has 0 aliphatic rings. The lowest BCUT2D eigenvalue weighted by molar-refractivity contribution is 0.143. The highest BCUT2D eigenvalue weighted by atomic mass is 16.5. The van der Waals surface area contributed by atoms with Gasteiger partial charge in [0.05, 0.1) is 0 Å². The molecule has 0 fully saturated rings. The number of unbranched alkanes of at least 4 members (excludes halogenated alkanes) is 9. The highest BCUT2D eigenvalue weighted by Crippen LogP contribution is 2.10. The van der Waals surface area contributed by atoms with Crippen LogP contribution in [-0.4, -0.2) is 26.4 Å². The molecule has 124 valence electrons. The van der Waals surface area contributed by atoms with Gasteiger partial charge in [-0.3, -0.25) is 0 Å². The van der Waals surface area contributed by atoms with Crippen LogP contribution in [0.25, 0.3) is 0 Å². The molecule has 0 spiro atoms. The van der Waals surface area contributed by atoms with Gasteiger partial charge in [0.1, 0.15) is 0 Å². The highest BCUT2D eigenvalue weighted by molar-refractivity contribution is 4.47. The minimum Gasteiger partial charge on any atom is -0.382 e. The molecule has 0 aromatic carbocycles. The van der Waals surface area contributed by atoms with Crippen molar-refractivity contribution >= 4 is 0 Å². The maximum Gasteiger partial charge on any atom is 0.0465 e. The van der Waals surface area contributed by atoms with Crippen molar-refractivity contribution in [3.63, 3.8) is 0 Å². The average Bonchev–Trinajstić information content (AvgIpc) is 2.46. The lowest BCUT2D eigenvalue weighted by Crippen LogP contribution is -1.92. The summed E-state index contributed by atoms with van der Waals surface area (Å²) in [5, 5.41) is 0. The van der Waals surface area contributed by atoms with Crippen molar-refractivity contribution in [2.45, 2.75) is 91.9 Å². The van der Waals surface area contributed by atoms with E-state index in [9.17, 15) is 0 Å². The minimum absolute atomic E-state index is 0.844. The first-order chi connectivity index (χ1) is 9.83. The molecule has 0 aromatic rings. The van der Waals surface area contributed by atoms with Gasteiger partial charge in [-0.2, -0.15) is 0 Å². The molecule has 0 amide bonds. The molecule has 0 heterocycles. The molecular formula is C18H40O2. The van der Waals surface area contributed by atoms with Crippen LogP contribution in [0.1, 0.15) is 91.9 Å². The summed E-state index contributed by atoms with van der Waals surface area (Å²) >= 11 is 0. The highest BCUT2D eigenvalue weighted by Gasteiger charge is 1.92. The average molecular weight is 289 g/mol. The monoisotopic (exact) mass is 288 g/mol. The summed E-state index contributed by atoms with van der Waals surface area (Å²) in [5.74, 6) is 0. The molecule has 2 nitrogen and oxygen atoms in total. The molecule has 0 radical (unpaired) electrons. The third-order valence-electron chi connectivity index (χ3n) is 3.25. The zero-order chi connectivity index (χ0) is 15.3. The number of rotatable bonds is 14. The second-order valence-corrected chi connectivity index (χ2v) is 5.16. The van der Waals surface area contributed by atoms with Gasteiger partial charge >= 0.3 is 0 Å². The minimum atomic E-state index is 0.844. The summed E-state index contributed by atoms with van der Waals surface area (Å²) in [6.45, 7) is 11.8.